The molecule has 0 spiro atoms. The third kappa shape index (κ3) is 4.01. The summed E-state index contributed by atoms with van der Waals surface area (Å²) in [7, 11) is 1.68. The van der Waals surface area contributed by atoms with Gasteiger partial charge in [0.05, 0.1) is 30.5 Å². The van der Waals surface area contributed by atoms with Gasteiger partial charge in [-0.25, -0.2) is 0 Å². The van der Waals surface area contributed by atoms with Gasteiger partial charge in [0.1, 0.15) is 11.5 Å². The quantitative estimate of drug-likeness (QED) is 0.774. The molecule has 0 saturated carbocycles. The van der Waals surface area contributed by atoms with E-state index in [-0.39, 0.29) is 17.7 Å². The fourth-order valence-corrected chi connectivity index (χ4v) is 4.46. The maximum absolute atomic E-state index is 13.2. The van der Waals surface area contributed by atoms with Gasteiger partial charge >= 0.3 is 0 Å². The Morgan fingerprint density at radius 2 is 1.80 bits per heavy atom. The molecule has 0 aliphatic carbocycles. The van der Waals surface area contributed by atoms with Crippen molar-refractivity contribution in [1.82, 2.24) is 9.80 Å². The van der Waals surface area contributed by atoms with Gasteiger partial charge in [-0.3, -0.25) is 9.59 Å². The number of hydrogen-bond donors (Lipinski definition) is 0. The van der Waals surface area contributed by atoms with E-state index in [1.54, 1.807) is 25.0 Å². The largest absolute Gasteiger partial charge is 0.495 e. The third-order valence-corrected chi connectivity index (χ3v) is 6.16. The fourth-order valence-electron chi connectivity index (χ4n) is 4.46. The molecule has 30 heavy (non-hydrogen) atoms. The predicted octanol–water partition coefficient (Wildman–Crippen LogP) is 2.80. The molecule has 4 rings (SSSR count). The van der Waals surface area contributed by atoms with Crippen LogP contribution in [0.1, 0.15) is 29.0 Å². The van der Waals surface area contributed by atoms with E-state index in [0.29, 0.717) is 37.5 Å². The average molecular weight is 412 g/mol. The summed E-state index contributed by atoms with van der Waals surface area (Å²) < 4.78 is 10.7. The lowest BCUT2D eigenvalue weighted by Crippen LogP contribution is -2.53. The zero-order valence-electron chi connectivity index (χ0n) is 17.7. The Hall–Kier alpha value is -2.96. The molecule has 2 aliphatic heterocycles. The van der Waals surface area contributed by atoms with Crippen LogP contribution in [-0.2, 0) is 4.79 Å². The van der Waals surface area contributed by atoms with Gasteiger partial charge in [-0.2, -0.15) is 0 Å². The molecular formula is C23H29N3O4. The number of para-hydroxylation sites is 2. The van der Waals surface area contributed by atoms with E-state index in [0.717, 1.165) is 37.4 Å². The number of piperazine rings is 1. The van der Waals surface area contributed by atoms with Gasteiger partial charge in [0.25, 0.3) is 5.91 Å². The predicted molar refractivity (Wildman–Crippen MR) is 114 cm³/mol. The summed E-state index contributed by atoms with van der Waals surface area (Å²) in [4.78, 5) is 32.0. The molecule has 0 N–H and O–H groups in total. The van der Waals surface area contributed by atoms with Gasteiger partial charge < -0.3 is 23.9 Å². The molecule has 2 amide bonds. The number of amides is 2. The second kappa shape index (κ2) is 8.81. The molecule has 2 aromatic rings. The van der Waals surface area contributed by atoms with Gasteiger partial charge in [-0.15, -0.1) is 0 Å². The Morgan fingerprint density at radius 3 is 2.50 bits per heavy atom. The van der Waals surface area contributed by atoms with Gasteiger partial charge in [0, 0.05) is 39.3 Å². The van der Waals surface area contributed by atoms with E-state index in [4.69, 9.17) is 9.15 Å². The van der Waals surface area contributed by atoms with Crippen LogP contribution in [0.2, 0.25) is 0 Å². The number of anilines is 1. The molecule has 1 atom stereocenters. The van der Waals surface area contributed by atoms with Crippen LogP contribution in [0.15, 0.2) is 41.0 Å². The number of furan rings is 1. The Bertz CT molecular complexity index is 901. The highest BCUT2D eigenvalue weighted by atomic mass is 16.5. The molecule has 0 unspecified atom stereocenters. The number of methoxy groups -OCH3 is 1. The molecule has 0 radical (unpaired) electrons. The first kappa shape index (κ1) is 20.3. The van der Waals surface area contributed by atoms with Crippen LogP contribution < -0.4 is 9.64 Å². The summed E-state index contributed by atoms with van der Waals surface area (Å²) in [6, 6.07) is 9.69. The summed E-state index contributed by atoms with van der Waals surface area (Å²) in [5, 5.41) is 0. The number of likely N-dealkylation sites (tertiary alicyclic amines) is 1. The van der Waals surface area contributed by atoms with E-state index >= 15 is 0 Å². The monoisotopic (exact) mass is 411 g/mol. The van der Waals surface area contributed by atoms with Crippen LogP contribution >= 0.6 is 0 Å². The number of nitrogens with zero attached hydrogens (tertiary/aromatic N) is 3. The number of rotatable bonds is 4. The lowest BCUT2D eigenvalue weighted by molar-refractivity contribution is -0.137. The van der Waals surface area contributed by atoms with Crippen LogP contribution in [0.3, 0.4) is 0 Å². The minimum absolute atomic E-state index is 0.0419. The van der Waals surface area contributed by atoms with Gasteiger partial charge in [0.15, 0.2) is 0 Å². The number of aryl methyl sites for hydroxylation is 1. The van der Waals surface area contributed by atoms with Crippen LogP contribution in [0.4, 0.5) is 5.69 Å². The number of carbonyl (C=O) groups is 2. The number of ether oxygens (including phenoxy) is 1. The minimum atomic E-state index is -0.132. The summed E-state index contributed by atoms with van der Waals surface area (Å²) >= 11 is 0. The van der Waals surface area contributed by atoms with Crippen LogP contribution in [0.25, 0.3) is 0 Å². The molecule has 3 heterocycles. The Labute approximate surface area is 177 Å². The Morgan fingerprint density at radius 1 is 1.03 bits per heavy atom. The average Bonchev–Trinajstić information content (AvgIpc) is 3.24. The molecule has 2 saturated heterocycles. The highest BCUT2D eigenvalue weighted by molar-refractivity contribution is 5.95. The Kier molecular flexibility index (Phi) is 5.97. The smallest absolute Gasteiger partial charge is 0.257 e. The summed E-state index contributed by atoms with van der Waals surface area (Å²) in [5.74, 6) is 1.47. The van der Waals surface area contributed by atoms with Crippen LogP contribution in [0, 0.1) is 12.8 Å². The van der Waals surface area contributed by atoms with Crippen molar-refractivity contribution in [3.63, 3.8) is 0 Å². The zero-order chi connectivity index (χ0) is 21.1. The van der Waals surface area contributed by atoms with Crippen molar-refractivity contribution >= 4 is 17.5 Å². The fraction of sp³-hybridized carbons (Fsp3) is 0.478. The highest BCUT2D eigenvalue weighted by Crippen LogP contribution is 2.29. The van der Waals surface area contributed by atoms with Gasteiger partial charge in [0.2, 0.25) is 5.91 Å². The number of carbonyl (C=O) groups excluding carboxylic acids is 2. The van der Waals surface area contributed by atoms with Gasteiger partial charge in [-0.05, 0) is 38.0 Å². The molecule has 7 nitrogen and oxygen atoms in total. The maximum atomic E-state index is 13.2. The van der Waals surface area contributed by atoms with E-state index in [9.17, 15) is 9.59 Å². The van der Waals surface area contributed by atoms with Crippen molar-refractivity contribution in [3.05, 3.63) is 47.9 Å². The molecule has 1 aromatic heterocycles. The molecule has 160 valence electrons. The molecule has 0 bridgehead atoms. The summed E-state index contributed by atoms with van der Waals surface area (Å²) in [6.07, 6.45) is 3.22. The van der Waals surface area contributed by atoms with E-state index < -0.39 is 0 Å². The first-order chi connectivity index (χ1) is 14.6. The van der Waals surface area contributed by atoms with Crippen molar-refractivity contribution in [2.45, 2.75) is 19.8 Å². The normalized spacial score (nSPS) is 19.7. The van der Waals surface area contributed by atoms with Crippen LogP contribution in [0.5, 0.6) is 5.75 Å². The highest BCUT2D eigenvalue weighted by Gasteiger charge is 2.33. The van der Waals surface area contributed by atoms with Crippen molar-refractivity contribution in [2.75, 3.05) is 51.3 Å². The maximum Gasteiger partial charge on any atom is 0.257 e. The lowest BCUT2D eigenvalue weighted by Gasteiger charge is -2.40. The van der Waals surface area contributed by atoms with Crippen LogP contribution in [-0.4, -0.2) is 68.0 Å². The molecule has 7 heteroatoms. The first-order valence-electron chi connectivity index (χ1n) is 10.6. The molecular weight excluding hydrogens is 382 g/mol. The number of benzene rings is 1. The van der Waals surface area contributed by atoms with Crippen molar-refractivity contribution in [1.29, 1.82) is 0 Å². The second-order valence-corrected chi connectivity index (χ2v) is 7.96. The van der Waals surface area contributed by atoms with E-state index in [1.165, 1.54) is 6.26 Å². The lowest BCUT2D eigenvalue weighted by atomic mass is 9.95. The van der Waals surface area contributed by atoms with Crippen molar-refractivity contribution in [3.8, 4) is 5.75 Å². The molecule has 1 aromatic carbocycles. The number of piperidine rings is 1. The Balaban J connectivity index is 1.36. The summed E-state index contributed by atoms with van der Waals surface area (Å²) in [6.45, 7) is 5.88. The van der Waals surface area contributed by atoms with Crippen molar-refractivity contribution < 1.29 is 18.7 Å². The topological polar surface area (TPSA) is 66.2 Å². The second-order valence-electron chi connectivity index (χ2n) is 7.96. The summed E-state index contributed by atoms with van der Waals surface area (Å²) in [5.41, 5.74) is 1.66. The molecule has 2 aliphatic rings. The first-order valence-corrected chi connectivity index (χ1v) is 10.6. The van der Waals surface area contributed by atoms with Crippen molar-refractivity contribution in [2.24, 2.45) is 5.92 Å². The minimum Gasteiger partial charge on any atom is -0.495 e. The SMILES string of the molecule is COc1ccccc1N1CCN(C(=O)[C@H]2CCCN(C(=O)c3ccoc3C)C2)CC1. The van der Waals surface area contributed by atoms with Gasteiger partial charge in [-0.1, -0.05) is 12.1 Å². The standard InChI is InChI=1S/C23H29N3O4/c1-17-19(9-15-30-17)23(28)26-10-5-6-18(16-26)22(27)25-13-11-24(12-14-25)20-7-3-4-8-21(20)29-2/h3-4,7-9,15,18H,5-6,10-14,16H2,1-2H3/t18-/m0/s1. The zero-order valence-corrected chi connectivity index (χ0v) is 17.7. The molecule has 2 fully saturated rings. The van der Waals surface area contributed by atoms with E-state index in [1.807, 2.05) is 23.1 Å². The number of hydrogen-bond acceptors (Lipinski definition) is 5. The van der Waals surface area contributed by atoms with E-state index in [2.05, 4.69) is 11.0 Å². The third-order valence-electron chi connectivity index (χ3n) is 6.16.